The number of benzene rings is 2. The first-order valence-corrected chi connectivity index (χ1v) is 8.32. The Morgan fingerprint density at radius 2 is 1.72 bits per heavy atom. The van der Waals surface area contributed by atoms with Gasteiger partial charge in [0.2, 0.25) is 0 Å². The van der Waals surface area contributed by atoms with E-state index >= 15 is 0 Å². The van der Waals surface area contributed by atoms with E-state index in [9.17, 15) is 4.79 Å². The molecule has 2 aliphatic rings. The third-order valence-corrected chi connectivity index (χ3v) is 4.47. The highest BCUT2D eigenvalue weighted by molar-refractivity contribution is 6.03. The molecule has 2 aromatic rings. The van der Waals surface area contributed by atoms with Gasteiger partial charge in [-0.1, -0.05) is 48.5 Å². The molecule has 25 heavy (non-hydrogen) atoms. The van der Waals surface area contributed by atoms with E-state index in [1.807, 2.05) is 84.4 Å². The van der Waals surface area contributed by atoms with Crippen molar-refractivity contribution < 1.29 is 4.79 Å². The maximum Gasteiger partial charge on any atom is 0.183 e. The van der Waals surface area contributed by atoms with Crippen molar-refractivity contribution in [3.8, 4) is 22.5 Å². The molecule has 0 saturated heterocycles. The number of carbonyl (C=O) groups is 1. The average molecular weight is 326 g/mol. The topological polar surface area (TPSA) is 34.9 Å². The molecule has 122 valence electrons. The van der Waals surface area contributed by atoms with Crippen LogP contribution in [0.15, 0.2) is 79.1 Å². The SMILES string of the molecule is Cc1cccc(C(=O)Cn2cccc3ccnc2-3)c1-c1ccccc1. The summed E-state index contributed by atoms with van der Waals surface area (Å²) in [7, 11) is 0. The van der Waals surface area contributed by atoms with Gasteiger partial charge < -0.3 is 4.57 Å². The van der Waals surface area contributed by atoms with Gasteiger partial charge in [0.25, 0.3) is 0 Å². The van der Waals surface area contributed by atoms with Gasteiger partial charge in [0.15, 0.2) is 5.78 Å². The number of ketones is 1. The first-order chi connectivity index (χ1) is 12.2. The number of aryl methyl sites for hydroxylation is 1. The highest BCUT2D eigenvalue weighted by Crippen LogP contribution is 2.28. The van der Waals surface area contributed by atoms with Gasteiger partial charge in [0.05, 0.1) is 6.54 Å². The molecule has 0 saturated carbocycles. The zero-order valence-electron chi connectivity index (χ0n) is 14.0. The third-order valence-electron chi connectivity index (χ3n) is 4.47. The number of rotatable bonds is 4. The molecular formula is C22H18N2O. The molecule has 0 aromatic heterocycles. The Labute approximate surface area is 146 Å². The molecule has 3 heteroatoms. The van der Waals surface area contributed by atoms with Crippen LogP contribution in [-0.4, -0.2) is 15.3 Å². The lowest BCUT2D eigenvalue weighted by Gasteiger charge is -2.15. The van der Waals surface area contributed by atoms with Gasteiger partial charge in [-0.25, -0.2) is 4.98 Å². The van der Waals surface area contributed by atoms with Gasteiger partial charge in [0, 0.05) is 23.5 Å². The fourth-order valence-electron chi connectivity index (χ4n) is 3.28. The molecule has 0 fully saturated rings. The van der Waals surface area contributed by atoms with E-state index in [0.29, 0.717) is 0 Å². The average Bonchev–Trinajstić information content (AvgIpc) is 3.12. The van der Waals surface area contributed by atoms with Crippen LogP contribution >= 0.6 is 0 Å². The Hall–Kier alpha value is -3.20. The first kappa shape index (κ1) is 15.3. The number of fused-ring (bicyclic) bond motifs is 1. The molecule has 3 nitrogen and oxygen atoms in total. The van der Waals surface area contributed by atoms with Gasteiger partial charge in [-0.2, -0.15) is 0 Å². The lowest BCUT2D eigenvalue weighted by molar-refractivity contribution is 0.0972. The van der Waals surface area contributed by atoms with Crippen molar-refractivity contribution in [1.29, 1.82) is 0 Å². The number of hydrogen-bond donors (Lipinski definition) is 0. The van der Waals surface area contributed by atoms with Crippen molar-refractivity contribution in [2.75, 3.05) is 0 Å². The number of hydrogen-bond acceptors (Lipinski definition) is 2. The van der Waals surface area contributed by atoms with Crippen molar-refractivity contribution in [1.82, 2.24) is 9.55 Å². The monoisotopic (exact) mass is 326 g/mol. The quantitative estimate of drug-likeness (QED) is 0.503. The molecule has 0 amide bonds. The van der Waals surface area contributed by atoms with Gasteiger partial charge in [-0.3, -0.25) is 4.79 Å². The van der Waals surface area contributed by atoms with Crippen molar-refractivity contribution in [2.45, 2.75) is 13.5 Å². The Morgan fingerprint density at radius 1 is 0.920 bits per heavy atom. The molecule has 2 aromatic carbocycles. The molecule has 0 spiro atoms. The van der Waals surface area contributed by atoms with Crippen molar-refractivity contribution >= 4 is 5.78 Å². The Kier molecular flexibility index (Phi) is 3.90. The highest BCUT2D eigenvalue weighted by Gasteiger charge is 2.17. The summed E-state index contributed by atoms with van der Waals surface area (Å²) in [6, 6.07) is 21.9. The molecule has 0 bridgehead atoms. The summed E-state index contributed by atoms with van der Waals surface area (Å²) >= 11 is 0. The smallest absolute Gasteiger partial charge is 0.183 e. The third kappa shape index (κ3) is 2.85. The molecule has 2 heterocycles. The van der Waals surface area contributed by atoms with Gasteiger partial charge in [-0.05, 0) is 41.8 Å². The van der Waals surface area contributed by atoms with Gasteiger partial charge >= 0.3 is 0 Å². The molecule has 2 aliphatic heterocycles. The van der Waals surface area contributed by atoms with Crippen LogP contribution in [0.3, 0.4) is 0 Å². The zero-order chi connectivity index (χ0) is 17.2. The lowest BCUT2D eigenvalue weighted by Crippen LogP contribution is -2.14. The van der Waals surface area contributed by atoms with E-state index in [1.54, 1.807) is 6.20 Å². The normalized spacial score (nSPS) is 10.9. The second-order valence-corrected chi connectivity index (χ2v) is 6.15. The van der Waals surface area contributed by atoms with Crippen molar-refractivity contribution in [2.24, 2.45) is 0 Å². The number of pyridine rings is 1. The molecule has 0 radical (unpaired) electrons. The fourth-order valence-corrected chi connectivity index (χ4v) is 3.28. The predicted molar refractivity (Wildman–Crippen MR) is 99.8 cm³/mol. The highest BCUT2D eigenvalue weighted by atomic mass is 16.1. The van der Waals surface area contributed by atoms with Crippen LogP contribution in [0.1, 0.15) is 15.9 Å². The minimum Gasteiger partial charge on any atom is -0.325 e. The molecular weight excluding hydrogens is 308 g/mol. The zero-order valence-corrected chi connectivity index (χ0v) is 14.0. The largest absolute Gasteiger partial charge is 0.325 e. The molecule has 0 atom stereocenters. The van der Waals surface area contributed by atoms with E-state index in [0.717, 1.165) is 33.6 Å². The summed E-state index contributed by atoms with van der Waals surface area (Å²) in [5.74, 6) is 0.924. The molecule has 0 aliphatic carbocycles. The summed E-state index contributed by atoms with van der Waals surface area (Å²) in [6.45, 7) is 2.32. The Bertz CT molecular complexity index is 1000. The second-order valence-electron chi connectivity index (χ2n) is 6.15. The molecule has 4 rings (SSSR count). The van der Waals surface area contributed by atoms with E-state index in [2.05, 4.69) is 4.98 Å². The minimum absolute atomic E-state index is 0.0862. The standard InChI is InChI=1S/C22H18N2O/c1-16-7-5-11-19(21(16)17-8-3-2-4-9-17)20(25)15-24-14-6-10-18-12-13-23-22(18)24/h2-14H,15H2,1H3. The maximum atomic E-state index is 13.1. The maximum absolute atomic E-state index is 13.1. The van der Waals surface area contributed by atoms with Crippen LogP contribution < -0.4 is 0 Å². The van der Waals surface area contributed by atoms with Crippen LogP contribution in [0.5, 0.6) is 0 Å². The van der Waals surface area contributed by atoms with E-state index < -0.39 is 0 Å². The van der Waals surface area contributed by atoms with Crippen LogP contribution in [0.2, 0.25) is 0 Å². The van der Waals surface area contributed by atoms with Gasteiger partial charge in [0.1, 0.15) is 5.82 Å². The summed E-state index contributed by atoms with van der Waals surface area (Å²) in [5.41, 5.74) is 4.98. The van der Waals surface area contributed by atoms with E-state index in [1.165, 1.54) is 0 Å². The van der Waals surface area contributed by atoms with E-state index in [4.69, 9.17) is 0 Å². The van der Waals surface area contributed by atoms with Crippen molar-refractivity contribution in [3.05, 3.63) is 90.3 Å². The predicted octanol–water partition coefficient (Wildman–Crippen LogP) is 4.85. The van der Waals surface area contributed by atoms with Crippen LogP contribution in [0.4, 0.5) is 0 Å². The summed E-state index contributed by atoms with van der Waals surface area (Å²) in [5, 5.41) is 0. The van der Waals surface area contributed by atoms with Crippen LogP contribution in [-0.2, 0) is 6.54 Å². The number of nitrogens with zero attached hydrogens (tertiary/aromatic N) is 2. The second kappa shape index (κ2) is 6.36. The fraction of sp³-hybridized carbons (Fsp3) is 0.0909. The van der Waals surface area contributed by atoms with Crippen LogP contribution in [0, 0.1) is 6.92 Å². The van der Waals surface area contributed by atoms with E-state index in [-0.39, 0.29) is 12.3 Å². The summed E-state index contributed by atoms with van der Waals surface area (Å²) in [6.07, 6.45) is 3.68. The van der Waals surface area contributed by atoms with Gasteiger partial charge in [-0.15, -0.1) is 0 Å². The number of carbonyl (C=O) groups excluding carboxylic acids is 1. The van der Waals surface area contributed by atoms with Crippen molar-refractivity contribution in [3.63, 3.8) is 0 Å². The first-order valence-electron chi connectivity index (χ1n) is 8.32. The number of aromatic nitrogens is 2. The summed E-state index contributed by atoms with van der Waals surface area (Å²) < 4.78 is 1.91. The number of Topliss-reactive ketones (excluding diaryl/α,β-unsaturated/α-hetero) is 1. The summed E-state index contributed by atoms with van der Waals surface area (Å²) in [4.78, 5) is 17.5. The Balaban J connectivity index is 1.74. The minimum atomic E-state index is 0.0862. The molecule has 0 unspecified atom stereocenters. The molecule has 0 N–H and O–H groups in total. The van der Waals surface area contributed by atoms with Crippen LogP contribution in [0.25, 0.3) is 22.5 Å². The lowest BCUT2D eigenvalue weighted by atomic mass is 9.93. The Morgan fingerprint density at radius 3 is 2.56 bits per heavy atom.